The standard InChI is InChI=1S/C33H49N7O13/c1-14(41)25-31(50)38-21(32(51)53-33(4,5)6)13-23(45)52-16(3)24(35)29(48)40-26(15(2)42)30(49)37-20(12-22(34)44)27(46)36-19(28(47)39-25)11-17-7-9-18(43)10-8-17/h7-10,14-16,19-21,24-26,41-43H,11-13,35H2,1-6H3,(H2,34,44)(H,36,46)(H,37,49)(H,38,50)(H,39,47)(H,40,48)/t14-,15-,16-,19+,20?,21?,24+,25+,26+/m1/s1. The molecule has 0 radical (unpaired) electrons. The number of amides is 6. The Morgan fingerprint density at radius 1 is 0.830 bits per heavy atom. The molecule has 12 N–H and O–H groups in total. The monoisotopic (exact) mass is 751 g/mol. The van der Waals surface area contributed by atoms with Crippen molar-refractivity contribution in [2.75, 3.05) is 0 Å². The number of rotatable bonds is 7. The fraction of sp³-hybridized carbons (Fsp3) is 0.576. The third kappa shape index (κ3) is 14.0. The number of aromatic hydroxyl groups is 1. The number of carbonyl (C=O) groups excluding carboxylic acids is 8. The highest BCUT2D eigenvalue weighted by molar-refractivity contribution is 5.98. The van der Waals surface area contributed by atoms with Gasteiger partial charge in [-0.15, -0.1) is 0 Å². The zero-order valence-corrected chi connectivity index (χ0v) is 30.2. The summed E-state index contributed by atoms with van der Waals surface area (Å²) < 4.78 is 10.6. The summed E-state index contributed by atoms with van der Waals surface area (Å²) in [6, 6.07) is -4.95. The number of hydrogen-bond acceptors (Lipinski definition) is 14. The van der Waals surface area contributed by atoms with Crippen LogP contribution in [0.3, 0.4) is 0 Å². The van der Waals surface area contributed by atoms with Crippen molar-refractivity contribution in [2.24, 2.45) is 11.5 Å². The summed E-state index contributed by atoms with van der Waals surface area (Å²) in [6.07, 6.45) is -6.64. The first-order valence-electron chi connectivity index (χ1n) is 16.6. The summed E-state index contributed by atoms with van der Waals surface area (Å²) >= 11 is 0. The molecule has 1 saturated heterocycles. The van der Waals surface area contributed by atoms with E-state index in [1.807, 2.05) is 0 Å². The molecule has 0 aromatic heterocycles. The maximum absolute atomic E-state index is 13.8. The number of aliphatic hydroxyl groups excluding tert-OH is 2. The lowest BCUT2D eigenvalue weighted by atomic mass is 10.0. The lowest BCUT2D eigenvalue weighted by Crippen LogP contribution is -2.63. The molecule has 2 rings (SSSR count). The maximum atomic E-state index is 13.8. The van der Waals surface area contributed by atoms with E-state index in [0.29, 0.717) is 5.56 Å². The predicted octanol–water partition coefficient (Wildman–Crippen LogP) is -4.00. The van der Waals surface area contributed by atoms with Gasteiger partial charge in [-0.3, -0.25) is 33.6 Å². The first-order chi connectivity index (χ1) is 24.5. The van der Waals surface area contributed by atoms with E-state index in [1.54, 1.807) is 0 Å². The van der Waals surface area contributed by atoms with Gasteiger partial charge in [-0.2, -0.15) is 0 Å². The van der Waals surface area contributed by atoms with Gasteiger partial charge in [0.25, 0.3) is 0 Å². The predicted molar refractivity (Wildman–Crippen MR) is 183 cm³/mol. The number of hydrogen-bond donors (Lipinski definition) is 10. The smallest absolute Gasteiger partial charge is 0.329 e. The van der Waals surface area contributed by atoms with E-state index in [2.05, 4.69) is 26.6 Å². The van der Waals surface area contributed by atoms with Gasteiger partial charge < -0.3 is 62.8 Å². The first-order valence-corrected chi connectivity index (χ1v) is 16.6. The molecule has 1 fully saturated rings. The minimum atomic E-state index is -1.81. The average Bonchev–Trinajstić information content (AvgIpc) is 3.03. The molecule has 1 aromatic carbocycles. The second-order valence-corrected chi connectivity index (χ2v) is 13.6. The molecule has 9 atom stereocenters. The van der Waals surface area contributed by atoms with Crippen LogP contribution in [0.2, 0.25) is 0 Å². The van der Waals surface area contributed by atoms with Crippen LogP contribution in [-0.2, 0) is 54.3 Å². The summed E-state index contributed by atoms with van der Waals surface area (Å²) in [5.41, 5.74) is 10.6. The molecule has 1 aliphatic heterocycles. The molecule has 53 heavy (non-hydrogen) atoms. The Labute approximate surface area is 305 Å². The van der Waals surface area contributed by atoms with Crippen LogP contribution >= 0.6 is 0 Å². The quantitative estimate of drug-likeness (QED) is 0.119. The van der Waals surface area contributed by atoms with Crippen molar-refractivity contribution in [2.45, 2.75) is 121 Å². The van der Waals surface area contributed by atoms with Crippen LogP contribution < -0.4 is 38.1 Å². The molecule has 6 amide bonds. The topological polar surface area (TPSA) is 328 Å². The number of esters is 2. The largest absolute Gasteiger partial charge is 0.508 e. The van der Waals surface area contributed by atoms with E-state index in [0.717, 1.165) is 13.8 Å². The number of phenols is 1. The Morgan fingerprint density at radius 2 is 1.32 bits per heavy atom. The summed E-state index contributed by atoms with van der Waals surface area (Å²) in [6.45, 7) is 8.04. The van der Waals surface area contributed by atoms with Gasteiger partial charge in [0.2, 0.25) is 35.4 Å². The lowest BCUT2D eigenvalue weighted by molar-refractivity contribution is -0.164. The van der Waals surface area contributed by atoms with Gasteiger partial charge >= 0.3 is 11.9 Å². The normalized spacial score (nSPS) is 27.0. The Kier molecular flexibility index (Phi) is 15.7. The van der Waals surface area contributed by atoms with Crippen LogP contribution in [0.25, 0.3) is 0 Å². The fourth-order valence-electron chi connectivity index (χ4n) is 4.87. The average molecular weight is 752 g/mol. The second kappa shape index (κ2) is 18.9. The Morgan fingerprint density at radius 3 is 1.83 bits per heavy atom. The van der Waals surface area contributed by atoms with E-state index in [-0.39, 0.29) is 12.2 Å². The van der Waals surface area contributed by atoms with Crippen molar-refractivity contribution in [3.8, 4) is 5.75 Å². The molecule has 20 heteroatoms. The number of nitrogens with one attached hydrogen (secondary N) is 5. The molecule has 1 heterocycles. The van der Waals surface area contributed by atoms with Crippen LogP contribution in [0.1, 0.15) is 59.9 Å². The number of aliphatic hydroxyl groups is 2. The second-order valence-electron chi connectivity index (χ2n) is 13.6. The van der Waals surface area contributed by atoms with Crippen molar-refractivity contribution in [1.82, 2.24) is 26.6 Å². The summed E-state index contributed by atoms with van der Waals surface area (Å²) in [7, 11) is 0. The SMILES string of the molecule is C[C@@H](O)[C@@H]1NC(=O)[C@H](Cc2ccc(O)cc2)NC(=O)C(CC(N)=O)NC(=O)[C@H]([C@@H](C)O)NC(=O)[C@@H](N)[C@@H](C)OC(=O)CC(C(=O)OC(C)(C)C)NC1=O. The number of ether oxygens (including phenoxy) is 2. The molecular formula is C33H49N7O13. The van der Waals surface area contributed by atoms with Crippen molar-refractivity contribution < 1.29 is 63.1 Å². The van der Waals surface area contributed by atoms with E-state index < -0.39 is 120 Å². The number of phenolic OH excluding ortho intramolecular Hbond substituents is 1. The van der Waals surface area contributed by atoms with Crippen LogP contribution in [0.4, 0.5) is 0 Å². The van der Waals surface area contributed by atoms with E-state index in [1.165, 1.54) is 52.0 Å². The van der Waals surface area contributed by atoms with Gasteiger partial charge in [-0.05, 0) is 59.2 Å². The number of cyclic esters (lactones) is 1. The Hall–Kier alpha value is -5.34. The van der Waals surface area contributed by atoms with Gasteiger partial charge in [0.1, 0.15) is 53.7 Å². The highest BCUT2D eigenvalue weighted by Gasteiger charge is 2.38. The minimum absolute atomic E-state index is 0.118. The Bertz CT molecular complexity index is 1530. The lowest BCUT2D eigenvalue weighted by Gasteiger charge is -2.30. The maximum Gasteiger partial charge on any atom is 0.329 e. The van der Waals surface area contributed by atoms with Crippen molar-refractivity contribution >= 4 is 47.4 Å². The molecular weight excluding hydrogens is 702 g/mol. The number of carbonyl (C=O) groups is 8. The van der Waals surface area contributed by atoms with E-state index in [9.17, 15) is 53.7 Å². The number of benzene rings is 1. The van der Waals surface area contributed by atoms with Crippen LogP contribution in [0.15, 0.2) is 24.3 Å². The molecule has 0 aliphatic carbocycles. The highest BCUT2D eigenvalue weighted by Crippen LogP contribution is 2.14. The highest BCUT2D eigenvalue weighted by atomic mass is 16.6. The summed E-state index contributed by atoms with van der Waals surface area (Å²) in [5, 5.41) is 42.0. The van der Waals surface area contributed by atoms with Crippen molar-refractivity contribution in [3.63, 3.8) is 0 Å². The molecule has 1 aromatic rings. The van der Waals surface area contributed by atoms with Gasteiger partial charge in [0.15, 0.2) is 0 Å². The third-order valence-corrected chi connectivity index (χ3v) is 7.68. The van der Waals surface area contributed by atoms with Crippen molar-refractivity contribution in [3.05, 3.63) is 29.8 Å². The van der Waals surface area contributed by atoms with E-state index in [4.69, 9.17) is 20.9 Å². The third-order valence-electron chi connectivity index (χ3n) is 7.68. The fourth-order valence-corrected chi connectivity index (χ4v) is 4.87. The Balaban J connectivity index is 2.67. The summed E-state index contributed by atoms with van der Waals surface area (Å²) in [5.74, 6) is -9.07. The molecule has 20 nitrogen and oxygen atoms in total. The van der Waals surface area contributed by atoms with Gasteiger partial charge in [0, 0.05) is 6.42 Å². The molecule has 2 unspecified atom stereocenters. The first kappa shape index (κ1) is 43.8. The number of primary amides is 1. The number of nitrogens with two attached hydrogens (primary N) is 2. The van der Waals surface area contributed by atoms with Crippen LogP contribution in [0, 0.1) is 0 Å². The van der Waals surface area contributed by atoms with Crippen LogP contribution in [0.5, 0.6) is 5.75 Å². The van der Waals surface area contributed by atoms with Crippen LogP contribution in [-0.4, -0.2) is 123 Å². The molecule has 0 saturated carbocycles. The van der Waals surface area contributed by atoms with Gasteiger partial charge in [0.05, 0.1) is 25.0 Å². The molecule has 0 bridgehead atoms. The zero-order valence-electron chi connectivity index (χ0n) is 30.2. The summed E-state index contributed by atoms with van der Waals surface area (Å²) in [4.78, 5) is 105. The van der Waals surface area contributed by atoms with Gasteiger partial charge in [-0.25, -0.2) is 4.79 Å². The molecule has 0 spiro atoms. The van der Waals surface area contributed by atoms with E-state index >= 15 is 0 Å². The minimum Gasteiger partial charge on any atom is -0.508 e. The van der Waals surface area contributed by atoms with Crippen molar-refractivity contribution in [1.29, 1.82) is 0 Å². The molecule has 1 aliphatic rings. The molecule has 294 valence electrons. The van der Waals surface area contributed by atoms with Gasteiger partial charge in [-0.1, -0.05) is 12.1 Å². The zero-order chi connectivity index (χ0) is 40.4.